The Morgan fingerprint density at radius 2 is 2.00 bits per heavy atom. The molecule has 0 spiro atoms. The van der Waals surface area contributed by atoms with Crippen molar-refractivity contribution in [3.05, 3.63) is 59.9 Å². The molecule has 5 nitrogen and oxygen atoms in total. The number of pyridine rings is 1. The predicted molar refractivity (Wildman–Crippen MR) is 85.3 cm³/mol. The van der Waals surface area contributed by atoms with Gasteiger partial charge in [-0.05, 0) is 18.2 Å². The molecule has 0 aliphatic heterocycles. The summed E-state index contributed by atoms with van der Waals surface area (Å²) >= 11 is 0. The number of para-hydroxylation sites is 1. The van der Waals surface area contributed by atoms with Crippen LogP contribution in [0.25, 0.3) is 10.9 Å². The molecule has 0 atom stereocenters. The van der Waals surface area contributed by atoms with Crippen molar-refractivity contribution in [2.45, 2.75) is 12.7 Å². The molecule has 1 amide bonds. The van der Waals surface area contributed by atoms with E-state index in [1.165, 1.54) is 6.20 Å². The molecule has 1 aromatic carbocycles. The number of ether oxygens (including phenoxy) is 1. The van der Waals surface area contributed by atoms with E-state index in [4.69, 9.17) is 4.74 Å². The van der Waals surface area contributed by atoms with E-state index in [2.05, 4.69) is 15.3 Å². The molecule has 0 fully saturated rings. The minimum atomic E-state index is -4.46. The fourth-order valence-corrected chi connectivity index (χ4v) is 2.31. The van der Waals surface area contributed by atoms with Gasteiger partial charge in [0.2, 0.25) is 5.88 Å². The highest BCUT2D eigenvalue weighted by molar-refractivity contribution is 5.97. The lowest BCUT2D eigenvalue weighted by Gasteiger charge is -2.12. The van der Waals surface area contributed by atoms with Crippen LogP contribution in [0.1, 0.15) is 16.1 Å². The molecule has 8 heteroatoms. The van der Waals surface area contributed by atoms with E-state index < -0.39 is 12.8 Å². The molecular weight excluding hydrogens is 335 g/mol. The maximum absolute atomic E-state index is 12.3. The van der Waals surface area contributed by atoms with Crippen molar-refractivity contribution in [1.82, 2.24) is 15.3 Å². The van der Waals surface area contributed by atoms with Gasteiger partial charge in [0.15, 0.2) is 6.61 Å². The molecule has 25 heavy (non-hydrogen) atoms. The standard InChI is InChI=1S/C17H14F3N3O2/c18-17(19,20)10-25-16-12(5-3-7-21-16)9-22-15(24)14-8-11-4-1-2-6-13(11)23-14/h1-8,23H,9-10H2,(H,22,24). The van der Waals surface area contributed by atoms with Crippen molar-refractivity contribution in [2.24, 2.45) is 0 Å². The number of carbonyl (C=O) groups excluding carboxylic acids is 1. The summed E-state index contributed by atoms with van der Waals surface area (Å²) in [5.74, 6) is -0.529. The highest BCUT2D eigenvalue weighted by Crippen LogP contribution is 2.20. The Kier molecular flexibility index (Phi) is 4.60. The van der Waals surface area contributed by atoms with Crippen LogP contribution < -0.4 is 10.1 Å². The second-order valence-electron chi connectivity index (χ2n) is 5.32. The third-order valence-corrected chi connectivity index (χ3v) is 3.44. The molecule has 3 aromatic rings. The van der Waals surface area contributed by atoms with E-state index in [-0.39, 0.29) is 18.3 Å². The van der Waals surface area contributed by atoms with E-state index in [0.29, 0.717) is 11.3 Å². The number of aromatic nitrogens is 2. The number of halogens is 3. The maximum atomic E-state index is 12.3. The Bertz CT molecular complexity index is 857. The van der Waals surface area contributed by atoms with Crippen LogP contribution in [0.4, 0.5) is 13.2 Å². The van der Waals surface area contributed by atoms with Gasteiger partial charge < -0.3 is 15.0 Å². The second-order valence-corrected chi connectivity index (χ2v) is 5.32. The number of carbonyl (C=O) groups is 1. The molecule has 0 unspecified atom stereocenters. The van der Waals surface area contributed by atoms with E-state index in [9.17, 15) is 18.0 Å². The molecular formula is C17H14F3N3O2. The number of H-pyrrole nitrogens is 1. The Morgan fingerprint density at radius 3 is 2.76 bits per heavy atom. The van der Waals surface area contributed by atoms with Crippen molar-refractivity contribution in [3.8, 4) is 5.88 Å². The zero-order chi connectivity index (χ0) is 17.9. The number of nitrogens with one attached hydrogen (secondary N) is 2. The molecule has 0 aliphatic carbocycles. The van der Waals surface area contributed by atoms with Crippen LogP contribution in [0.5, 0.6) is 5.88 Å². The molecule has 3 rings (SSSR count). The predicted octanol–water partition coefficient (Wildman–Crippen LogP) is 3.43. The normalized spacial score (nSPS) is 11.5. The van der Waals surface area contributed by atoms with Crippen molar-refractivity contribution in [2.75, 3.05) is 6.61 Å². The molecule has 130 valence electrons. The smallest absolute Gasteiger partial charge is 0.422 e. The zero-order valence-corrected chi connectivity index (χ0v) is 12.9. The van der Waals surface area contributed by atoms with Gasteiger partial charge in [-0.25, -0.2) is 4.98 Å². The fraction of sp³-hybridized carbons (Fsp3) is 0.176. The lowest BCUT2D eigenvalue weighted by molar-refractivity contribution is -0.154. The summed E-state index contributed by atoms with van der Waals surface area (Å²) in [6.07, 6.45) is -3.13. The van der Waals surface area contributed by atoms with Crippen molar-refractivity contribution < 1.29 is 22.7 Å². The number of fused-ring (bicyclic) bond motifs is 1. The Labute approximate surface area is 140 Å². The molecule has 0 aliphatic rings. The number of aromatic amines is 1. The first-order valence-electron chi connectivity index (χ1n) is 7.42. The first kappa shape index (κ1) is 16.8. The minimum absolute atomic E-state index is 0.00473. The highest BCUT2D eigenvalue weighted by atomic mass is 19.4. The Hall–Kier alpha value is -3.03. The largest absolute Gasteiger partial charge is 0.468 e. The summed E-state index contributed by atoms with van der Waals surface area (Å²) in [6.45, 7) is -1.44. The number of hydrogen-bond donors (Lipinski definition) is 2. The second kappa shape index (κ2) is 6.84. The van der Waals surface area contributed by atoms with Gasteiger partial charge in [-0.2, -0.15) is 13.2 Å². The minimum Gasteiger partial charge on any atom is -0.468 e. The molecule has 2 N–H and O–H groups in total. The van der Waals surface area contributed by atoms with Gasteiger partial charge in [-0.1, -0.05) is 24.3 Å². The quantitative estimate of drug-likeness (QED) is 0.742. The number of amides is 1. The summed E-state index contributed by atoms with van der Waals surface area (Å²) in [7, 11) is 0. The monoisotopic (exact) mass is 349 g/mol. The summed E-state index contributed by atoms with van der Waals surface area (Å²) in [4.78, 5) is 19.0. The van der Waals surface area contributed by atoms with Crippen LogP contribution in [0, 0.1) is 0 Å². The van der Waals surface area contributed by atoms with Gasteiger partial charge in [0, 0.05) is 29.2 Å². The van der Waals surface area contributed by atoms with E-state index >= 15 is 0 Å². The molecule has 0 bridgehead atoms. The average Bonchev–Trinajstić information content (AvgIpc) is 3.02. The number of nitrogens with zero attached hydrogens (tertiary/aromatic N) is 1. The van der Waals surface area contributed by atoms with Crippen molar-refractivity contribution in [3.63, 3.8) is 0 Å². The van der Waals surface area contributed by atoms with Gasteiger partial charge >= 0.3 is 6.18 Å². The summed E-state index contributed by atoms with van der Waals surface area (Å²) < 4.78 is 41.5. The van der Waals surface area contributed by atoms with E-state index in [1.54, 1.807) is 18.2 Å². The molecule has 0 saturated heterocycles. The van der Waals surface area contributed by atoms with Crippen molar-refractivity contribution in [1.29, 1.82) is 0 Å². The van der Waals surface area contributed by atoms with Crippen LogP contribution in [-0.2, 0) is 6.54 Å². The Morgan fingerprint density at radius 1 is 1.20 bits per heavy atom. The van der Waals surface area contributed by atoms with E-state index in [1.807, 2.05) is 24.3 Å². The lowest BCUT2D eigenvalue weighted by atomic mass is 10.2. The van der Waals surface area contributed by atoms with Crippen LogP contribution >= 0.6 is 0 Å². The number of benzene rings is 1. The zero-order valence-electron chi connectivity index (χ0n) is 12.9. The first-order chi connectivity index (χ1) is 11.9. The number of alkyl halides is 3. The first-order valence-corrected chi connectivity index (χ1v) is 7.42. The highest BCUT2D eigenvalue weighted by Gasteiger charge is 2.29. The molecule has 2 aromatic heterocycles. The Balaban J connectivity index is 1.67. The number of hydrogen-bond acceptors (Lipinski definition) is 3. The number of rotatable bonds is 5. The third kappa shape index (κ3) is 4.28. The van der Waals surface area contributed by atoms with Gasteiger partial charge in [0.05, 0.1) is 0 Å². The van der Waals surface area contributed by atoms with Crippen LogP contribution in [0.3, 0.4) is 0 Å². The van der Waals surface area contributed by atoms with Gasteiger partial charge in [-0.15, -0.1) is 0 Å². The van der Waals surface area contributed by atoms with Gasteiger partial charge in [0.1, 0.15) is 5.69 Å². The summed E-state index contributed by atoms with van der Waals surface area (Å²) in [5, 5.41) is 3.53. The van der Waals surface area contributed by atoms with Gasteiger partial charge in [-0.3, -0.25) is 4.79 Å². The average molecular weight is 349 g/mol. The lowest BCUT2D eigenvalue weighted by Crippen LogP contribution is -2.24. The molecule has 2 heterocycles. The van der Waals surface area contributed by atoms with Crippen LogP contribution in [0.15, 0.2) is 48.7 Å². The van der Waals surface area contributed by atoms with Gasteiger partial charge in [0.25, 0.3) is 5.91 Å². The third-order valence-electron chi connectivity index (χ3n) is 3.44. The summed E-state index contributed by atoms with van der Waals surface area (Å²) in [6, 6.07) is 12.2. The van der Waals surface area contributed by atoms with Crippen molar-refractivity contribution >= 4 is 16.8 Å². The SMILES string of the molecule is O=C(NCc1cccnc1OCC(F)(F)F)c1cc2ccccc2[nH]1. The van der Waals surface area contributed by atoms with E-state index in [0.717, 1.165) is 10.9 Å². The maximum Gasteiger partial charge on any atom is 0.422 e. The molecule has 0 radical (unpaired) electrons. The molecule has 0 saturated carbocycles. The van der Waals surface area contributed by atoms with Crippen LogP contribution in [0.2, 0.25) is 0 Å². The topological polar surface area (TPSA) is 67.0 Å². The fourth-order valence-electron chi connectivity index (χ4n) is 2.31. The summed E-state index contributed by atoms with van der Waals surface area (Å²) in [5.41, 5.74) is 1.54. The van der Waals surface area contributed by atoms with Crippen LogP contribution in [-0.4, -0.2) is 28.7 Å².